The predicted molar refractivity (Wildman–Crippen MR) is 60.5 cm³/mol. The minimum Gasteiger partial charge on any atom is -0.480 e. The Morgan fingerprint density at radius 3 is 2.65 bits per heavy atom. The summed E-state index contributed by atoms with van der Waals surface area (Å²) < 4.78 is 0. The van der Waals surface area contributed by atoms with Crippen LogP contribution in [0.25, 0.3) is 0 Å². The first-order valence-electron chi connectivity index (χ1n) is 5.51. The lowest BCUT2D eigenvalue weighted by atomic mass is 9.96. The molecule has 0 spiro atoms. The number of rotatable bonds is 4. The van der Waals surface area contributed by atoms with Gasteiger partial charge in [-0.05, 0) is 37.8 Å². The average Bonchev–Trinajstić information content (AvgIpc) is 3.13. The molecule has 1 aliphatic rings. The van der Waals surface area contributed by atoms with E-state index < -0.39 is 17.4 Å². The van der Waals surface area contributed by atoms with Gasteiger partial charge in [0, 0.05) is 6.20 Å². The number of carbonyl (C=O) groups is 2. The van der Waals surface area contributed by atoms with Gasteiger partial charge in [-0.1, -0.05) is 6.07 Å². The third-order valence-corrected chi connectivity index (χ3v) is 3.11. The highest BCUT2D eigenvalue weighted by atomic mass is 16.4. The van der Waals surface area contributed by atoms with Gasteiger partial charge >= 0.3 is 5.97 Å². The molecule has 0 radical (unpaired) electrons. The Labute approximate surface area is 98.9 Å². The van der Waals surface area contributed by atoms with E-state index in [4.69, 9.17) is 0 Å². The number of amides is 1. The zero-order chi connectivity index (χ0) is 12.5. The van der Waals surface area contributed by atoms with Crippen LogP contribution in [0.2, 0.25) is 0 Å². The van der Waals surface area contributed by atoms with Crippen LogP contribution in [0.15, 0.2) is 24.4 Å². The number of aliphatic carboxylic acids is 1. The number of nitrogens with one attached hydrogen (secondary N) is 1. The van der Waals surface area contributed by atoms with E-state index in [-0.39, 0.29) is 11.6 Å². The maximum absolute atomic E-state index is 11.9. The van der Waals surface area contributed by atoms with Gasteiger partial charge in [0.1, 0.15) is 11.2 Å². The maximum atomic E-state index is 11.9. The van der Waals surface area contributed by atoms with Crippen LogP contribution in [0.4, 0.5) is 0 Å². The quantitative estimate of drug-likeness (QED) is 0.816. The number of aromatic nitrogens is 1. The first kappa shape index (κ1) is 11.6. The fraction of sp³-hybridized carbons (Fsp3) is 0.417. The van der Waals surface area contributed by atoms with E-state index in [0.29, 0.717) is 0 Å². The SMILES string of the molecule is CC(NC(=O)c1ccccn1)(C(=O)O)C1CC1. The van der Waals surface area contributed by atoms with Gasteiger partial charge in [-0.25, -0.2) is 4.79 Å². The summed E-state index contributed by atoms with van der Waals surface area (Å²) in [5, 5.41) is 11.8. The van der Waals surface area contributed by atoms with E-state index in [2.05, 4.69) is 10.3 Å². The van der Waals surface area contributed by atoms with Crippen LogP contribution in [0.1, 0.15) is 30.3 Å². The molecule has 5 nitrogen and oxygen atoms in total. The van der Waals surface area contributed by atoms with Crippen molar-refractivity contribution in [3.8, 4) is 0 Å². The lowest BCUT2D eigenvalue weighted by Gasteiger charge is -2.25. The van der Waals surface area contributed by atoms with Crippen molar-refractivity contribution in [2.24, 2.45) is 5.92 Å². The van der Waals surface area contributed by atoms with Crippen molar-refractivity contribution in [3.05, 3.63) is 30.1 Å². The van der Waals surface area contributed by atoms with Crippen LogP contribution in [0.5, 0.6) is 0 Å². The highest BCUT2D eigenvalue weighted by molar-refractivity contribution is 5.96. The van der Waals surface area contributed by atoms with Crippen LogP contribution in [-0.2, 0) is 4.79 Å². The molecule has 1 heterocycles. The molecule has 1 aromatic rings. The van der Waals surface area contributed by atoms with E-state index in [1.165, 1.54) is 6.20 Å². The van der Waals surface area contributed by atoms with Crippen molar-refractivity contribution in [2.45, 2.75) is 25.3 Å². The molecule has 5 heteroatoms. The normalized spacial score (nSPS) is 18.2. The van der Waals surface area contributed by atoms with Crippen molar-refractivity contribution >= 4 is 11.9 Å². The highest BCUT2D eigenvalue weighted by Gasteiger charge is 2.48. The fourth-order valence-electron chi connectivity index (χ4n) is 1.79. The van der Waals surface area contributed by atoms with Gasteiger partial charge in [-0.15, -0.1) is 0 Å². The van der Waals surface area contributed by atoms with Crippen molar-refractivity contribution in [2.75, 3.05) is 0 Å². The van der Waals surface area contributed by atoms with Gasteiger partial charge in [0.2, 0.25) is 0 Å². The summed E-state index contributed by atoms with van der Waals surface area (Å²) in [5.74, 6) is -1.42. The Balaban J connectivity index is 2.14. The van der Waals surface area contributed by atoms with Gasteiger partial charge in [-0.3, -0.25) is 9.78 Å². The summed E-state index contributed by atoms with van der Waals surface area (Å²) in [6, 6.07) is 4.95. The number of hydrogen-bond acceptors (Lipinski definition) is 3. The maximum Gasteiger partial charge on any atom is 0.329 e. The number of pyridine rings is 1. The van der Waals surface area contributed by atoms with Gasteiger partial charge in [-0.2, -0.15) is 0 Å². The second-order valence-electron chi connectivity index (χ2n) is 4.45. The minimum atomic E-state index is -1.19. The second-order valence-corrected chi connectivity index (χ2v) is 4.45. The smallest absolute Gasteiger partial charge is 0.329 e. The molecule has 1 atom stereocenters. The van der Waals surface area contributed by atoms with Crippen LogP contribution in [0, 0.1) is 5.92 Å². The molecule has 1 aliphatic carbocycles. The molecular formula is C12H14N2O3. The van der Waals surface area contributed by atoms with Crippen molar-refractivity contribution in [3.63, 3.8) is 0 Å². The molecule has 0 bridgehead atoms. The zero-order valence-electron chi connectivity index (χ0n) is 9.51. The summed E-state index contributed by atoms with van der Waals surface area (Å²) >= 11 is 0. The topological polar surface area (TPSA) is 79.3 Å². The minimum absolute atomic E-state index is 0.0210. The molecule has 1 fully saturated rings. The van der Waals surface area contributed by atoms with Crippen LogP contribution in [-0.4, -0.2) is 27.5 Å². The lowest BCUT2D eigenvalue weighted by molar-refractivity contribution is -0.144. The van der Waals surface area contributed by atoms with Crippen LogP contribution < -0.4 is 5.32 Å². The molecule has 2 rings (SSSR count). The number of hydrogen-bond donors (Lipinski definition) is 2. The Morgan fingerprint density at radius 1 is 1.47 bits per heavy atom. The van der Waals surface area contributed by atoms with E-state index >= 15 is 0 Å². The lowest BCUT2D eigenvalue weighted by Crippen LogP contribution is -2.54. The molecule has 0 aromatic carbocycles. The first-order chi connectivity index (χ1) is 8.04. The highest BCUT2D eigenvalue weighted by Crippen LogP contribution is 2.39. The Morgan fingerprint density at radius 2 is 2.18 bits per heavy atom. The number of carboxylic acid groups (broad SMARTS) is 1. The largest absolute Gasteiger partial charge is 0.480 e. The van der Waals surface area contributed by atoms with Crippen LogP contribution in [0.3, 0.4) is 0 Å². The first-order valence-corrected chi connectivity index (χ1v) is 5.51. The van der Waals surface area contributed by atoms with E-state index in [9.17, 15) is 14.7 Å². The van der Waals surface area contributed by atoms with Gasteiger partial charge in [0.05, 0.1) is 0 Å². The fourth-order valence-corrected chi connectivity index (χ4v) is 1.79. The van der Waals surface area contributed by atoms with Gasteiger partial charge < -0.3 is 10.4 Å². The Kier molecular flexibility index (Phi) is 2.83. The molecule has 1 saturated carbocycles. The van der Waals surface area contributed by atoms with Gasteiger partial charge in [0.25, 0.3) is 5.91 Å². The van der Waals surface area contributed by atoms with Crippen LogP contribution >= 0.6 is 0 Å². The number of carboxylic acids is 1. The summed E-state index contributed by atoms with van der Waals surface area (Å²) in [6.45, 7) is 1.55. The summed E-state index contributed by atoms with van der Waals surface area (Å²) in [4.78, 5) is 27.0. The third-order valence-electron chi connectivity index (χ3n) is 3.11. The Bertz CT molecular complexity index is 442. The molecule has 2 N–H and O–H groups in total. The summed E-state index contributed by atoms with van der Waals surface area (Å²) in [7, 11) is 0. The molecule has 90 valence electrons. The van der Waals surface area contributed by atoms with Crippen molar-refractivity contribution < 1.29 is 14.7 Å². The van der Waals surface area contributed by atoms with E-state index in [1.807, 2.05) is 0 Å². The molecule has 0 saturated heterocycles. The molecule has 0 aliphatic heterocycles. The second kappa shape index (κ2) is 4.16. The van der Waals surface area contributed by atoms with Gasteiger partial charge in [0.15, 0.2) is 0 Å². The van der Waals surface area contributed by atoms with E-state index in [1.54, 1.807) is 25.1 Å². The zero-order valence-corrected chi connectivity index (χ0v) is 9.51. The monoisotopic (exact) mass is 234 g/mol. The molecule has 1 amide bonds. The average molecular weight is 234 g/mol. The van der Waals surface area contributed by atoms with E-state index in [0.717, 1.165) is 12.8 Å². The number of carbonyl (C=O) groups excluding carboxylic acids is 1. The van der Waals surface area contributed by atoms with Crippen molar-refractivity contribution in [1.29, 1.82) is 0 Å². The summed E-state index contributed by atoms with van der Waals surface area (Å²) in [5.41, 5.74) is -0.949. The Hall–Kier alpha value is -1.91. The molecule has 1 unspecified atom stereocenters. The molecule has 17 heavy (non-hydrogen) atoms. The molecule has 1 aromatic heterocycles. The number of nitrogens with zero attached hydrogens (tertiary/aromatic N) is 1. The van der Waals surface area contributed by atoms with Crippen molar-refractivity contribution in [1.82, 2.24) is 10.3 Å². The predicted octanol–water partition coefficient (Wildman–Crippen LogP) is 1.06. The summed E-state index contributed by atoms with van der Waals surface area (Å²) in [6.07, 6.45) is 3.18. The third kappa shape index (κ3) is 2.27. The standard InChI is InChI=1S/C12H14N2O3/c1-12(11(16)17,8-5-6-8)14-10(15)9-4-2-3-7-13-9/h2-4,7-8H,5-6H2,1H3,(H,14,15)(H,16,17). The molecular weight excluding hydrogens is 220 g/mol.